The van der Waals surface area contributed by atoms with E-state index in [1.807, 2.05) is 25.1 Å². The molecule has 0 radical (unpaired) electrons. The van der Waals surface area contributed by atoms with Crippen molar-refractivity contribution in [3.05, 3.63) is 63.1 Å². The van der Waals surface area contributed by atoms with Crippen LogP contribution in [0.4, 0.5) is 0 Å². The van der Waals surface area contributed by atoms with Crippen molar-refractivity contribution in [1.82, 2.24) is 24.5 Å². The number of hydrogen-bond acceptors (Lipinski definition) is 6. The number of aromatic amines is 1. The van der Waals surface area contributed by atoms with Crippen LogP contribution in [0.25, 0.3) is 16.9 Å². The number of nitrogens with one attached hydrogen (secondary N) is 1. The zero-order valence-corrected chi connectivity index (χ0v) is 18.2. The quantitative estimate of drug-likeness (QED) is 0.515. The van der Waals surface area contributed by atoms with Crippen molar-refractivity contribution < 1.29 is 9.47 Å². The van der Waals surface area contributed by atoms with Crippen LogP contribution < -0.4 is 15.2 Å². The predicted molar refractivity (Wildman–Crippen MR) is 117 cm³/mol. The third-order valence-electron chi connectivity index (χ3n) is 5.45. The average Bonchev–Trinajstić information content (AvgIpc) is 3.22. The molecule has 158 valence electrons. The van der Waals surface area contributed by atoms with Crippen LogP contribution in [0.3, 0.4) is 0 Å². The number of H-pyrrole nitrogens is 1. The number of hydrogen-bond donors (Lipinski definition) is 1. The first-order valence-electron chi connectivity index (χ1n) is 9.80. The van der Waals surface area contributed by atoms with E-state index in [0.29, 0.717) is 45.6 Å². The van der Waals surface area contributed by atoms with Crippen molar-refractivity contribution in [2.45, 2.75) is 33.1 Å². The number of aryl methyl sites for hydroxylation is 1. The van der Waals surface area contributed by atoms with Gasteiger partial charge in [-0.3, -0.25) is 0 Å². The van der Waals surface area contributed by atoms with Gasteiger partial charge >= 0.3 is 5.69 Å². The van der Waals surface area contributed by atoms with Crippen molar-refractivity contribution in [3.8, 4) is 23.1 Å². The van der Waals surface area contributed by atoms with Crippen LogP contribution in [0.2, 0.25) is 5.02 Å². The molecular formula is C22H20ClN5O3. The molecular weight excluding hydrogens is 418 g/mol. The molecule has 0 saturated heterocycles. The van der Waals surface area contributed by atoms with Crippen LogP contribution in [0.1, 0.15) is 30.8 Å². The summed E-state index contributed by atoms with van der Waals surface area (Å²) in [5.41, 5.74) is 2.62. The summed E-state index contributed by atoms with van der Waals surface area (Å²) in [4.78, 5) is 28.3. The van der Waals surface area contributed by atoms with Crippen LogP contribution in [0.15, 0.2) is 35.4 Å². The van der Waals surface area contributed by atoms with Crippen LogP contribution >= 0.6 is 11.6 Å². The second kappa shape index (κ2) is 6.81. The first-order valence-corrected chi connectivity index (χ1v) is 10.2. The second-order valence-electron chi connectivity index (χ2n) is 8.21. The molecule has 1 aliphatic rings. The lowest BCUT2D eigenvalue weighted by atomic mass is 9.86. The number of rotatable bonds is 3. The summed E-state index contributed by atoms with van der Waals surface area (Å²) in [5.74, 6) is 2.26. The second-order valence-corrected chi connectivity index (χ2v) is 8.59. The number of imidazole rings is 1. The summed E-state index contributed by atoms with van der Waals surface area (Å²) in [5, 5.41) is 0.318. The third-order valence-corrected chi connectivity index (χ3v) is 5.90. The normalized spacial score (nSPS) is 14.5. The first-order chi connectivity index (χ1) is 14.8. The zero-order chi connectivity index (χ0) is 21.9. The van der Waals surface area contributed by atoms with Crippen molar-refractivity contribution in [2.24, 2.45) is 0 Å². The molecule has 0 aliphatic carbocycles. The van der Waals surface area contributed by atoms with Gasteiger partial charge < -0.3 is 14.5 Å². The van der Waals surface area contributed by atoms with Gasteiger partial charge in [-0.15, -0.1) is 0 Å². The molecule has 1 N–H and O–H groups in total. The maximum Gasteiger partial charge on any atom is 0.332 e. The molecule has 0 bridgehead atoms. The van der Waals surface area contributed by atoms with Gasteiger partial charge in [0.25, 0.3) is 0 Å². The molecule has 4 aromatic rings. The molecule has 0 unspecified atom stereocenters. The summed E-state index contributed by atoms with van der Waals surface area (Å²) in [6.07, 6.45) is 3.14. The largest absolute Gasteiger partial charge is 0.492 e. The highest BCUT2D eigenvalue weighted by Gasteiger charge is 2.35. The molecule has 8 nitrogen and oxygen atoms in total. The number of pyridine rings is 1. The van der Waals surface area contributed by atoms with Crippen LogP contribution in [0, 0.1) is 13.8 Å². The minimum Gasteiger partial charge on any atom is -0.492 e. The molecule has 5 rings (SSSR count). The third kappa shape index (κ3) is 3.06. The highest BCUT2D eigenvalue weighted by Crippen LogP contribution is 2.46. The molecule has 1 aromatic carbocycles. The minimum atomic E-state index is -0.343. The van der Waals surface area contributed by atoms with Gasteiger partial charge in [-0.25, -0.2) is 24.3 Å². The number of ether oxygens (including phenoxy) is 2. The fourth-order valence-electron chi connectivity index (χ4n) is 3.87. The lowest BCUT2D eigenvalue weighted by Gasteiger charge is -2.19. The molecule has 3 aromatic heterocycles. The van der Waals surface area contributed by atoms with Gasteiger partial charge in [0.05, 0.1) is 24.7 Å². The Bertz CT molecular complexity index is 1410. The Morgan fingerprint density at radius 3 is 2.84 bits per heavy atom. The van der Waals surface area contributed by atoms with Crippen molar-refractivity contribution in [1.29, 1.82) is 0 Å². The maximum atomic E-state index is 12.6. The van der Waals surface area contributed by atoms with Crippen LogP contribution in [0.5, 0.6) is 17.4 Å². The van der Waals surface area contributed by atoms with E-state index in [-0.39, 0.29) is 17.0 Å². The lowest BCUT2D eigenvalue weighted by molar-refractivity contribution is 0.290. The first kappa shape index (κ1) is 19.6. The van der Waals surface area contributed by atoms with Crippen LogP contribution in [-0.4, -0.2) is 31.1 Å². The van der Waals surface area contributed by atoms with E-state index in [2.05, 4.69) is 33.8 Å². The fourth-order valence-corrected chi connectivity index (χ4v) is 4.05. The molecule has 0 amide bonds. The van der Waals surface area contributed by atoms with Gasteiger partial charge in [0.2, 0.25) is 5.88 Å². The average molecular weight is 438 g/mol. The highest BCUT2D eigenvalue weighted by molar-refractivity contribution is 6.32. The van der Waals surface area contributed by atoms with Gasteiger partial charge in [-0.05, 0) is 31.5 Å². The Kier molecular flexibility index (Phi) is 4.30. The molecule has 9 heteroatoms. The van der Waals surface area contributed by atoms with Crippen molar-refractivity contribution in [2.75, 3.05) is 6.61 Å². The Morgan fingerprint density at radius 1 is 1.23 bits per heavy atom. The summed E-state index contributed by atoms with van der Waals surface area (Å²) >= 11 is 6.64. The molecule has 4 heterocycles. The summed E-state index contributed by atoms with van der Waals surface area (Å²) in [6, 6.07) is 5.67. The van der Waals surface area contributed by atoms with Gasteiger partial charge in [0.15, 0.2) is 5.65 Å². The van der Waals surface area contributed by atoms with E-state index in [0.717, 1.165) is 11.3 Å². The molecule has 0 atom stereocenters. The molecule has 0 saturated carbocycles. The Morgan fingerprint density at radius 2 is 2.03 bits per heavy atom. The maximum absolute atomic E-state index is 12.6. The van der Waals surface area contributed by atoms with E-state index < -0.39 is 0 Å². The number of benzene rings is 1. The highest BCUT2D eigenvalue weighted by atomic mass is 35.5. The number of halogens is 1. The topological polar surface area (TPSA) is 94.9 Å². The fraction of sp³-hybridized carbons (Fsp3) is 0.273. The Labute approximate surface area is 182 Å². The lowest BCUT2D eigenvalue weighted by Crippen LogP contribution is -2.19. The monoisotopic (exact) mass is 437 g/mol. The van der Waals surface area contributed by atoms with Crippen molar-refractivity contribution >= 4 is 22.8 Å². The van der Waals surface area contributed by atoms with Gasteiger partial charge in [-0.2, -0.15) is 0 Å². The Hall–Kier alpha value is -3.39. The van der Waals surface area contributed by atoms with Gasteiger partial charge in [0, 0.05) is 11.0 Å². The van der Waals surface area contributed by atoms with Crippen molar-refractivity contribution in [3.63, 3.8) is 0 Å². The Balaban J connectivity index is 1.60. The zero-order valence-electron chi connectivity index (χ0n) is 17.5. The number of fused-ring (bicyclic) bond motifs is 2. The smallest absolute Gasteiger partial charge is 0.332 e. The van der Waals surface area contributed by atoms with E-state index >= 15 is 0 Å². The summed E-state index contributed by atoms with van der Waals surface area (Å²) in [6.45, 7) is 8.35. The predicted octanol–water partition coefficient (Wildman–Crippen LogP) is 4.24. The standard InChI is InChI=1S/C22H20ClN5O3/c1-11-14(28-19-13(27-21(28)29)8-24-12(2)26-19)9-25-20(18(11)23)31-16-7-5-6-15-17(16)22(3,4)10-30-15/h5-9H,10H2,1-4H3,(H,27,29). The molecule has 31 heavy (non-hydrogen) atoms. The summed E-state index contributed by atoms with van der Waals surface area (Å²) in [7, 11) is 0. The van der Waals surface area contributed by atoms with E-state index in [1.165, 1.54) is 4.57 Å². The van der Waals surface area contributed by atoms with E-state index in [4.69, 9.17) is 21.1 Å². The van der Waals surface area contributed by atoms with Gasteiger partial charge in [-0.1, -0.05) is 31.5 Å². The summed E-state index contributed by atoms with van der Waals surface area (Å²) < 4.78 is 13.4. The minimum absolute atomic E-state index is 0.192. The van der Waals surface area contributed by atoms with Crippen LogP contribution in [-0.2, 0) is 5.41 Å². The number of aromatic nitrogens is 5. The number of nitrogens with zero attached hydrogens (tertiary/aromatic N) is 4. The molecule has 0 spiro atoms. The van der Waals surface area contributed by atoms with E-state index in [9.17, 15) is 4.79 Å². The molecule has 1 aliphatic heterocycles. The molecule has 0 fully saturated rings. The van der Waals surface area contributed by atoms with Gasteiger partial charge in [0.1, 0.15) is 27.9 Å². The van der Waals surface area contributed by atoms with E-state index in [1.54, 1.807) is 19.3 Å². The SMILES string of the molecule is Cc1ncc2[nH]c(=O)n(-c3cnc(Oc4cccc5c4C(C)(C)CO5)c(Cl)c3C)c2n1.